The highest BCUT2D eigenvalue weighted by molar-refractivity contribution is 7.99. The van der Waals surface area contributed by atoms with E-state index in [4.69, 9.17) is 5.73 Å². The summed E-state index contributed by atoms with van der Waals surface area (Å²) in [6.45, 7) is 4.16. The molecule has 0 aromatic heterocycles. The molecule has 18 heavy (non-hydrogen) atoms. The number of hydrogen-bond acceptors (Lipinski definition) is 2. The Labute approximate surface area is 113 Å². The molecular weight excluding hydrogens is 238 g/mol. The van der Waals surface area contributed by atoms with E-state index in [9.17, 15) is 0 Å². The van der Waals surface area contributed by atoms with Crippen LogP contribution in [0.15, 0.2) is 58.3 Å². The normalized spacial score (nSPS) is 12.4. The molecule has 2 aromatic rings. The summed E-state index contributed by atoms with van der Waals surface area (Å²) in [6, 6.07) is 17.5. The molecule has 1 unspecified atom stereocenters. The monoisotopic (exact) mass is 257 g/mol. The first kappa shape index (κ1) is 13.2. The third-order valence-electron chi connectivity index (χ3n) is 2.71. The van der Waals surface area contributed by atoms with Crippen molar-refractivity contribution in [3.8, 4) is 0 Å². The Bertz CT molecular complexity index is 503. The molecule has 0 amide bonds. The molecule has 2 heteroatoms. The Morgan fingerprint density at radius 2 is 1.78 bits per heavy atom. The van der Waals surface area contributed by atoms with Crippen LogP contribution < -0.4 is 5.73 Å². The molecule has 1 atom stereocenters. The van der Waals surface area contributed by atoms with E-state index in [0.717, 1.165) is 6.42 Å². The summed E-state index contributed by atoms with van der Waals surface area (Å²) in [5.74, 6) is 0. The zero-order chi connectivity index (χ0) is 13.0. The predicted octanol–water partition coefficient (Wildman–Crippen LogP) is 4.04. The van der Waals surface area contributed by atoms with Gasteiger partial charge in [0.1, 0.15) is 0 Å². The second-order valence-electron chi connectivity index (χ2n) is 4.74. The molecule has 2 aromatic carbocycles. The SMILES string of the molecule is Cc1cccc(Sc2ccc(CC(C)N)cc2)c1. The maximum atomic E-state index is 5.80. The summed E-state index contributed by atoms with van der Waals surface area (Å²) in [7, 11) is 0. The van der Waals surface area contributed by atoms with Crippen LogP contribution in [0, 0.1) is 6.92 Å². The summed E-state index contributed by atoms with van der Waals surface area (Å²) in [4.78, 5) is 2.56. The summed E-state index contributed by atoms with van der Waals surface area (Å²) >= 11 is 1.80. The molecule has 0 saturated heterocycles. The van der Waals surface area contributed by atoms with Crippen molar-refractivity contribution in [3.05, 3.63) is 59.7 Å². The molecule has 0 saturated carbocycles. The third kappa shape index (κ3) is 3.90. The highest BCUT2D eigenvalue weighted by atomic mass is 32.2. The summed E-state index contributed by atoms with van der Waals surface area (Å²) in [5.41, 5.74) is 8.40. The van der Waals surface area contributed by atoms with Crippen LogP contribution in [0.5, 0.6) is 0 Å². The maximum Gasteiger partial charge on any atom is 0.0124 e. The van der Waals surface area contributed by atoms with Gasteiger partial charge in [0.15, 0.2) is 0 Å². The van der Waals surface area contributed by atoms with Gasteiger partial charge < -0.3 is 5.73 Å². The highest BCUT2D eigenvalue weighted by Crippen LogP contribution is 2.28. The van der Waals surface area contributed by atoms with E-state index in [-0.39, 0.29) is 6.04 Å². The van der Waals surface area contributed by atoms with E-state index in [1.165, 1.54) is 20.9 Å². The van der Waals surface area contributed by atoms with Crippen LogP contribution in [0.4, 0.5) is 0 Å². The quantitative estimate of drug-likeness (QED) is 0.894. The Kier molecular flexibility index (Phi) is 4.45. The van der Waals surface area contributed by atoms with Crippen LogP contribution in [0.1, 0.15) is 18.1 Å². The molecule has 0 spiro atoms. The van der Waals surface area contributed by atoms with Gasteiger partial charge in [-0.05, 0) is 50.1 Å². The van der Waals surface area contributed by atoms with Crippen molar-refractivity contribution in [2.24, 2.45) is 5.73 Å². The molecule has 0 aliphatic carbocycles. The van der Waals surface area contributed by atoms with Crippen LogP contribution in [0.3, 0.4) is 0 Å². The van der Waals surface area contributed by atoms with Gasteiger partial charge in [0.2, 0.25) is 0 Å². The van der Waals surface area contributed by atoms with E-state index < -0.39 is 0 Å². The molecule has 0 bridgehead atoms. The highest BCUT2D eigenvalue weighted by Gasteiger charge is 2.00. The van der Waals surface area contributed by atoms with Crippen molar-refractivity contribution >= 4 is 11.8 Å². The zero-order valence-electron chi connectivity index (χ0n) is 10.9. The second-order valence-corrected chi connectivity index (χ2v) is 5.89. The molecule has 94 valence electrons. The fourth-order valence-electron chi connectivity index (χ4n) is 1.88. The van der Waals surface area contributed by atoms with Crippen LogP contribution >= 0.6 is 11.8 Å². The van der Waals surface area contributed by atoms with Gasteiger partial charge in [-0.15, -0.1) is 0 Å². The number of aryl methyl sites for hydroxylation is 1. The van der Waals surface area contributed by atoms with Gasteiger partial charge >= 0.3 is 0 Å². The van der Waals surface area contributed by atoms with Gasteiger partial charge in [-0.1, -0.05) is 41.6 Å². The first-order chi connectivity index (χ1) is 8.63. The molecule has 0 heterocycles. The Balaban J connectivity index is 2.06. The summed E-state index contributed by atoms with van der Waals surface area (Å²) in [6.07, 6.45) is 0.940. The smallest absolute Gasteiger partial charge is 0.0124 e. The van der Waals surface area contributed by atoms with Gasteiger partial charge in [-0.25, -0.2) is 0 Å². The molecule has 0 aliphatic heterocycles. The minimum atomic E-state index is 0.222. The van der Waals surface area contributed by atoms with Crippen molar-refractivity contribution in [1.29, 1.82) is 0 Å². The number of nitrogens with two attached hydrogens (primary N) is 1. The fourth-order valence-corrected chi connectivity index (χ4v) is 2.82. The van der Waals surface area contributed by atoms with Crippen LogP contribution in [-0.4, -0.2) is 6.04 Å². The van der Waals surface area contributed by atoms with Crippen molar-refractivity contribution < 1.29 is 0 Å². The minimum absolute atomic E-state index is 0.222. The molecule has 0 aliphatic rings. The van der Waals surface area contributed by atoms with Crippen molar-refractivity contribution in [2.75, 3.05) is 0 Å². The lowest BCUT2D eigenvalue weighted by molar-refractivity contribution is 0.737. The molecule has 2 rings (SSSR count). The number of rotatable bonds is 4. The second kappa shape index (κ2) is 6.07. The van der Waals surface area contributed by atoms with E-state index in [0.29, 0.717) is 0 Å². The zero-order valence-corrected chi connectivity index (χ0v) is 11.7. The van der Waals surface area contributed by atoms with Crippen LogP contribution in [0.2, 0.25) is 0 Å². The standard InChI is InChI=1S/C16H19NS/c1-12-4-3-5-16(10-12)18-15-8-6-14(7-9-15)11-13(2)17/h3-10,13H,11,17H2,1-2H3. The Morgan fingerprint density at radius 3 is 2.39 bits per heavy atom. The van der Waals surface area contributed by atoms with Gasteiger partial charge in [-0.3, -0.25) is 0 Å². The van der Waals surface area contributed by atoms with Crippen LogP contribution in [-0.2, 0) is 6.42 Å². The van der Waals surface area contributed by atoms with E-state index in [1.807, 2.05) is 6.92 Å². The van der Waals surface area contributed by atoms with Crippen molar-refractivity contribution in [1.82, 2.24) is 0 Å². The maximum absolute atomic E-state index is 5.80. The molecule has 0 radical (unpaired) electrons. The van der Waals surface area contributed by atoms with E-state index in [2.05, 4.69) is 55.5 Å². The van der Waals surface area contributed by atoms with Crippen LogP contribution in [0.25, 0.3) is 0 Å². The number of hydrogen-bond donors (Lipinski definition) is 1. The first-order valence-electron chi connectivity index (χ1n) is 6.22. The first-order valence-corrected chi connectivity index (χ1v) is 7.04. The van der Waals surface area contributed by atoms with Gasteiger partial charge in [0.05, 0.1) is 0 Å². The fraction of sp³-hybridized carbons (Fsp3) is 0.250. The van der Waals surface area contributed by atoms with Gasteiger partial charge in [-0.2, -0.15) is 0 Å². The predicted molar refractivity (Wildman–Crippen MR) is 79.1 cm³/mol. The lowest BCUT2D eigenvalue weighted by Gasteiger charge is -2.07. The lowest BCUT2D eigenvalue weighted by Crippen LogP contribution is -2.17. The van der Waals surface area contributed by atoms with Crippen molar-refractivity contribution in [2.45, 2.75) is 36.1 Å². The molecule has 0 fully saturated rings. The van der Waals surface area contributed by atoms with E-state index in [1.54, 1.807) is 11.8 Å². The Hall–Kier alpha value is -1.25. The average Bonchev–Trinajstić information content (AvgIpc) is 2.31. The topological polar surface area (TPSA) is 26.0 Å². The Morgan fingerprint density at radius 1 is 1.06 bits per heavy atom. The van der Waals surface area contributed by atoms with Gasteiger partial charge in [0, 0.05) is 15.8 Å². The van der Waals surface area contributed by atoms with Crippen molar-refractivity contribution in [3.63, 3.8) is 0 Å². The lowest BCUT2D eigenvalue weighted by atomic mass is 10.1. The molecule has 1 nitrogen and oxygen atoms in total. The average molecular weight is 257 g/mol. The summed E-state index contributed by atoms with van der Waals surface area (Å²) in [5, 5.41) is 0. The summed E-state index contributed by atoms with van der Waals surface area (Å²) < 4.78 is 0. The van der Waals surface area contributed by atoms with Gasteiger partial charge in [0.25, 0.3) is 0 Å². The third-order valence-corrected chi connectivity index (χ3v) is 3.70. The van der Waals surface area contributed by atoms with E-state index >= 15 is 0 Å². The molecule has 2 N–H and O–H groups in total. The minimum Gasteiger partial charge on any atom is -0.328 e. The number of benzene rings is 2. The largest absolute Gasteiger partial charge is 0.328 e. The molecular formula is C16H19NS.